The smallest absolute Gasteiger partial charge is 0.512 e. The van der Waals surface area contributed by atoms with Gasteiger partial charge in [-0.2, -0.15) is 5.10 Å². The molecule has 1 unspecified atom stereocenters. The first-order valence-electron chi connectivity index (χ1n) is 25.8. The molecule has 3 aromatic carbocycles. The summed E-state index contributed by atoms with van der Waals surface area (Å²) in [6.45, 7) is 37.8. The van der Waals surface area contributed by atoms with Crippen molar-refractivity contribution in [2.24, 2.45) is 27.2 Å². The largest absolute Gasteiger partial charge is 1.00 e. The Balaban J connectivity index is -0.000000218. The zero-order chi connectivity index (χ0) is 60.7. The van der Waals surface area contributed by atoms with Crippen LogP contribution in [0.1, 0.15) is 202 Å². The van der Waals surface area contributed by atoms with Crippen LogP contribution >= 0.6 is 0 Å². The van der Waals surface area contributed by atoms with E-state index >= 15 is 0 Å². The number of hydrazone groups is 1. The molecule has 437 valence electrons. The predicted molar refractivity (Wildman–Crippen MR) is 313 cm³/mol. The number of methoxy groups -OCH3 is 3. The predicted octanol–water partition coefficient (Wildman–Crippen LogP) is 8.47. The first-order valence-corrected chi connectivity index (χ1v) is 25.8. The number of amides is 3. The van der Waals surface area contributed by atoms with E-state index in [-0.39, 0.29) is 78.0 Å². The number of carboxylic acids is 2. The minimum Gasteiger partial charge on any atom is -0.512 e. The number of hydrogen-bond donors (Lipinski definition) is 7. The number of nitrogen functional groups attached to an aromatic ring is 1. The third kappa shape index (κ3) is 38.5. The van der Waals surface area contributed by atoms with Gasteiger partial charge in [-0.25, -0.2) is 16.7 Å². The number of nitrogens with one attached hydrogen (secondary N) is 4. The minimum atomic E-state index is -0.833. The third-order valence-corrected chi connectivity index (χ3v) is 11.1. The van der Waals surface area contributed by atoms with Gasteiger partial charge in [0.25, 0.3) is 29.7 Å². The van der Waals surface area contributed by atoms with E-state index in [9.17, 15) is 19.2 Å². The molecule has 3 amide bonds. The first kappa shape index (κ1) is 84.5. The number of nitrogens with zero attached hydrogens (tertiary/aromatic N) is 2. The van der Waals surface area contributed by atoms with Gasteiger partial charge in [-0.15, -0.1) is 0 Å². The van der Waals surface area contributed by atoms with Gasteiger partial charge in [-0.1, -0.05) is 127 Å². The Bertz CT molecular complexity index is 2270. The number of carbonyl (C=O) groups is 6. The number of benzene rings is 3. The summed E-state index contributed by atoms with van der Waals surface area (Å²) < 4.78 is 15.6. The van der Waals surface area contributed by atoms with Gasteiger partial charge in [0.05, 0.1) is 21.3 Å². The Hall–Kier alpha value is -5.78. The van der Waals surface area contributed by atoms with Gasteiger partial charge in [0.2, 0.25) is 0 Å². The van der Waals surface area contributed by atoms with Crippen LogP contribution in [-0.2, 0) is 14.4 Å². The van der Waals surface area contributed by atoms with Crippen molar-refractivity contribution in [2.45, 2.75) is 182 Å². The number of rotatable bonds is 18. The number of carboxylic acid groups (broad SMARTS) is 2. The van der Waals surface area contributed by atoms with E-state index in [2.05, 4.69) is 89.1 Å². The standard InChI is InChI=1S/C18H30N2O2.C18H28N2O2.C9H12N2O2.C9H18O.2C2H4O2.CN.B.Na/c2*1-7-8-12-16(18(3,4)5)19-20-17(21)14-10-9-11-15(22-6)13(14)2;1-6-7(9(12)11-10)4-3-5-8(6)13-2;1-5-6-7-8(10)9(2,3)4;2*1-2(3)4;1-2;;/h9-11,16,19H,7-8,12H2,1-6H3,(H,20,21);9-11H,7-8,12H2,1-6H3,(H,20,21);3-5H,10H2,1-2H3,(H,11,12);5-7H2,1-4H3;2*1H3,(H,3,4);;;/q;;;;;;-1;;+1/b;19-16+;;;;;;;. The molecule has 20 heteroatoms. The Morgan fingerprint density at radius 2 is 0.949 bits per heavy atom. The van der Waals surface area contributed by atoms with Crippen molar-refractivity contribution in [3.63, 3.8) is 0 Å². The van der Waals surface area contributed by atoms with E-state index < -0.39 is 11.9 Å². The van der Waals surface area contributed by atoms with Crippen molar-refractivity contribution < 1.29 is 82.7 Å². The Kier molecular flexibility index (Phi) is 49.2. The Morgan fingerprint density at radius 3 is 1.25 bits per heavy atom. The van der Waals surface area contributed by atoms with E-state index in [1.165, 1.54) is 0 Å². The normalized spacial score (nSPS) is 10.6. The van der Waals surface area contributed by atoms with Gasteiger partial charge in [-0.3, -0.25) is 39.6 Å². The molecule has 0 aliphatic carbocycles. The monoisotopic (exact) mass is 1110 g/mol. The number of Topliss-reactive ketones (excluding diaryl/α,β-unsaturated/α-hetero) is 1. The van der Waals surface area contributed by atoms with Crippen LogP contribution in [0.3, 0.4) is 0 Å². The number of hydrogen-bond acceptors (Lipinski definition) is 13. The molecule has 0 saturated heterocycles. The summed E-state index contributed by atoms with van der Waals surface area (Å²) in [4.78, 5) is 65.2. The molecule has 3 aromatic rings. The molecule has 0 saturated carbocycles. The minimum absolute atomic E-state index is 0. The maximum Gasteiger partial charge on any atom is 1.00 e. The summed E-state index contributed by atoms with van der Waals surface area (Å²) in [5, 5.41) is 25.5. The summed E-state index contributed by atoms with van der Waals surface area (Å²) in [7, 11) is 4.78. The van der Waals surface area contributed by atoms with Gasteiger partial charge in [0.15, 0.2) is 0 Å². The van der Waals surface area contributed by atoms with Gasteiger partial charge in [0, 0.05) is 84.6 Å². The number of ketones is 1. The molecular formula is C59H96BN7NaO11. The molecule has 3 rings (SSSR count). The van der Waals surface area contributed by atoms with Crippen LogP contribution in [0.2, 0.25) is 0 Å². The third-order valence-electron chi connectivity index (χ3n) is 11.1. The van der Waals surface area contributed by atoms with Crippen LogP contribution < -0.4 is 71.3 Å². The maximum absolute atomic E-state index is 12.4. The summed E-state index contributed by atoms with van der Waals surface area (Å²) in [6.07, 6.45) is 9.31. The second-order valence-corrected chi connectivity index (χ2v) is 20.7. The fraction of sp³-hybridized carbons (Fsp3) is 0.559. The van der Waals surface area contributed by atoms with Crippen molar-refractivity contribution in [1.29, 1.82) is 5.26 Å². The van der Waals surface area contributed by atoms with Crippen molar-refractivity contribution in [1.82, 2.24) is 21.7 Å². The zero-order valence-corrected chi connectivity index (χ0v) is 53.8. The molecule has 8 N–H and O–H groups in total. The zero-order valence-electron chi connectivity index (χ0n) is 51.8. The van der Waals surface area contributed by atoms with Crippen LogP contribution in [0.4, 0.5) is 0 Å². The van der Waals surface area contributed by atoms with Crippen LogP contribution in [-0.4, -0.2) is 87.2 Å². The second kappa shape index (κ2) is 46.0. The number of aliphatic carboxylic acids is 2. The first-order chi connectivity index (χ1) is 35.8. The van der Waals surface area contributed by atoms with E-state index in [1.807, 2.05) is 71.9 Å². The number of unbranched alkanes of at least 4 members (excludes halogenated alkanes) is 3. The molecule has 0 heterocycles. The van der Waals surface area contributed by atoms with Gasteiger partial charge >= 0.3 is 29.6 Å². The number of nitrogens with two attached hydrogens (primary N) is 1. The van der Waals surface area contributed by atoms with Crippen LogP contribution in [0.15, 0.2) is 59.7 Å². The van der Waals surface area contributed by atoms with Gasteiger partial charge < -0.3 is 36.3 Å². The molecule has 0 fully saturated rings. The fourth-order valence-corrected chi connectivity index (χ4v) is 6.51. The van der Waals surface area contributed by atoms with E-state index in [4.69, 9.17) is 51.7 Å². The number of ether oxygens (including phenoxy) is 3. The summed E-state index contributed by atoms with van der Waals surface area (Å²) >= 11 is 0. The average Bonchev–Trinajstić information content (AvgIpc) is 3.35. The second-order valence-electron chi connectivity index (χ2n) is 20.7. The van der Waals surface area contributed by atoms with Crippen LogP contribution in [0, 0.1) is 48.9 Å². The summed E-state index contributed by atoms with van der Waals surface area (Å²) in [5.74, 6) is 5.23. The van der Waals surface area contributed by atoms with E-state index in [0.717, 1.165) is 99.8 Å². The number of hydrazine groups is 2. The van der Waals surface area contributed by atoms with Crippen molar-refractivity contribution in [3.05, 3.63) is 94.6 Å². The molecule has 18 nitrogen and oxygen atoms in total. The molecule has 0 spiro atoms. The molecule has 0 bridgehead atoms. The molecule has 3 radical (unpaired) electrons. The topological polar surface area (TPSA) is 281 Å². The van der Waals surface area contributed by atoms with Gasteiger partial charge in [0.1, 0.15) is 23.0 Å². The Labute approximate surface area is 498 Å². The van der Waals surface area contributed by atoms with Crippen molar-refractivity contribution in [2.75, 3.05) is 21.3 Å². The molecule has 0 aliphatic rings. The fourth-order valence-electron chi connectivity index (χ4n) is 6.51. The van der Waals surface area contributed by atoms with Gasteiger partial charge in [-0.05, 0) is 88.3 Å². The molecular weight excluding hydrogens is 1020 g/mol. The van der Waals surface area contributed by atoms with Crippen LogP contribution in [0.25, 0.3) is 0 Å². The number of carbonyl (C=O) groups excluding carboxylic acids is 4. The van der Waals surface area contributed by atoms with Crippen molar-refractivity contribution >= 4 is 49.6 Å². The summed E-state index contributed by atoms with van der Waals surface area (Å²) in [6, 6.07) is 16.4. The van der Waals surface area contributed by atoms with Crippen molar-refractivity contribution in [3.8, 4) is 17.2 Å². The SMILES string of the molecule is CC(=O)O.CC(=O)O.CCCC/C(=N\NC(=O)c1cccc(OC)c1C)C(C)(C)C.CCCCC(=O)C(C)(C)C.CCCCC(NNC(=O)c1cccc(OC)c1C)C(C)(C)C.COc1cccc(C(=O)NN)c1C.[B].[C-]#N.[Na+]. The molecule has 1 atom stereocenters. The molecule has 0 aliphatic heterocycles. The molecule has 0 aromatic heterocycles. The average molecular weight is 1110 g/mol. The Morgan fingerprint density at radius 1 is 0.608 bits per heavy atom. The quantitative estimate of drug-likeness (QED) is 0.0157. The maximum atomic E-state index is 12.4. The van der Waals surface area contributed by atoms with E-state index in [1.54, 1.807) is 45.6 Å². The van der Waals surface area contributed by atoms with Crippen LogP contribution in [0.5, 0.6) is 17.2 Å². The summed E-state index contributed by atoms with van der Waals surface area (Å²) in [5.41, 5.74) is 16.0. The van der Waals surface area contributed by atoms with E-state index in [0.29, 0.717) is 34.0 Å². The molecule has 79 heavy (non-hydrogen) atoms.